The molecule has 8 heteroatoms. The molecular formula is C27H25F3N4O. The Morgan fingerprint density at radius 2 is 1.54 bits per heavy atom. The summed E-state index contributed by atoms with van der Waals surface area (Å²) in [4.78, 5) is 17.3. The van der Waals surface area contributed by atoms with Crippen LogP contribution in [0.25, 0.3) is 22.0 Å². The molecular weight excluding hydrogens is 453 g/mol. The Balaban J connectivity index is 1.38. The van der Waals surface area contributed by atoms with E-state index in [2.05, 4.69) is 4.90 Å². The Morgan fingerprint density at radius 3 is 2.23 bits per heavy atom. The van der Waals surface area contributed by atoms with Gasteiger partial charge in [0.15, 0.2) is 0 Å². The smallest absolute Gasteiger partial charge is 0.369 e. The fourth-order valence-electron chi connectivity index (χ4n) is 4.47. The summed E-state index contributed by atoms with van der Waals surface area (Å²) in [7, 11) is 0. The molecule has 2 heterocycles. The fourth-order valence-corrected chi connectivity index (χ4v) is 4.47. The molecule has 0 atom stereocenters. The van der Waals surface area contributed by atoms with Crippen LogP contribution in [0.4, 0.5) is 18.9 Å². The number of fused-ring (bicyclic) bond motifs is 1. The number of benzene rings is 3. The molecule has 0 aliphatic carbocycles. The van der Waals surface area contributed by atoms with E-state index in [1.807, 2.05) is 60.4 Å². The number of hydrogen-bond acceptors (Lipinski definition) is 4. The summed E-state index contributed by atoms with van der Waals surface area (Å²) >= 11 is 0. The highest BCUT2D eigenvalue weighted by Gasteiger charge is 2.31. The van der Waals surface area contributed by atoms with Crippen molar-refractivity contribution in [3.8, 4) is 11.3 Å². The van der Waals surface area contributed by atoms with Crippen LogP contribution < -0.4 is 10.5 Å². The highest BCUT2D eigenvalue weighted by Crippen LogP contribution is 2.32. The first-order chi connectivity index (χ1) is 16.8. The average Bonchev–Trinajstić information content (AvgIpc) is 2.86. The van der Waals surface area contributed by atoms with Crippen molar-refractivity contribution < 1.29 is 13.2 Å². The summed E-state index contributed by atoms with van der Waals surface area (Å²) < 4.78 is 40.8. The molecule has 0 bridgehead atoms. The molecule has 1 saturated heterocycles. The average molecular weight is 479 g/mol. The molecule has 5 rings (SSSR count). The van der Waals surface area contributed by atoms with Crippen LogP contribution in [0.15, 0.2) is 77.6 Å². The Morgan fingerprint density at radius 1 is 0.857 bits per heavy atom. The third-order valence-corrected chi connectivity index (χ3v) is 6.44. The Bertz CT molecular complexity index is 1400. The van der Waals surface area contributed by atoms with E-state index >= 15 is 0 Å². The quantitative estimate of drug-likeness (QED) is 0.406. The number of hydrogen-bond donors (Lipinski definition) is 0. The van der Waals surface area contributed by atoms with Crippen molar-refractivity contribution in [3.63, 3.8) is 0 Å². The van der Waals surface area contributed by atoms with Gasteiger partial charge in [0, 0.05) is 42.8 Å². The van der Waals surface area contributed by atoms with E-state index < -0.39 is 11.7 Å². The van der Waals surface area contributed by atoms with Gasteiger partial charge in [0.25, 0.3) is 5.56 Å². The number of nitrogens with zero attached hydrogens (tertiary/aromatic N) is 4. The van der Waals surface area contributed by atoms with Gasteiger partial charge < -0.3 is 4.90 Å². The van der Waals surface area contributed by atoms with Crippen LogP contribution in [0.5, 0.6) is 0 Å². The number of aryl methyl sites for hydroxylation is 1. The van der Waals surface area contributed by atoms with Gasteiger partial charge in [-0.2, -0.15) is 18.3 Å². The number of anilines is 1. The lowest BCUT2D eigenvalue weighted by Gasteiger charge is -2.36. The molecule has 1 aliphatic rings. The van der Waals surface area contributed by atoms with Gasteiger partial charge in [-0.15, -0.1) is 0 Å². The first kappa shape index (κ1) is 23.1. The zero-order valence-electron chi connectivity index (χ0n) is 19.3. The first-order valence-electron chi connectivity index (χ1n) is 11.5. The second-order valence-corrected chi connectivity index (χ2v) is 8.86. The predicted octanol–water partition coefficient (Wildman–Crippen LogP) is 5.17. The fraction of sp³-hybridized carbons (Fsp3) is 0.259. The van der Waals surface area contributed by atoms with Crippen molar-refractivity contribution in [1.29, 1.82) is 0 Å². The van der Waals surface area contributed by atoms with Crippen molar-refractivity contribution in [1.82, 2.24) is 14.7 Å². The molecule has 1 aliphatic heterocycles. The van der Waals surface area contributed by atoms with Gasteiger partial charge in [-0.1, -0.05) is 54.1 Å². The van der Waals surface area contributed by atoms with Crippen LogP contribution >= 0.6 is 0 Å². The largest absolute Gasteiger partial charge is 0.416 e. The van der Waals surface area contributed by atoms with Gasteiger partial charge >= 0.3 is 6.18 Å². The van der Waals surface area contributed by atoms with Crippen molar-refractivity contribution in [2.24, 2.45) is 0 Å². The normalized spacial score (nSPS) is 15.0. The lowest BCUT2D eigenvalue weighted by molar-refractivity contribution is -0.137. The molecule has 35 heavy (non-hydrogen) atoms. The van der Waals surface area contributed by atoms with E-state index in [-0.39, 0.29) is 5.56 Å². The third kappa shape index (κ3) is 4.79. The molecule has 0 amide bonds. The molecule has 4 aromatic rings. The molecule has 0 unspecified atom stereocenters. The van der Waals surface area contributed by atoms with Crippen LogP contribution in [0.2, 0.25) is 0 Å². The van der Waals surface area contributed by atoms with Gasteiger partial charge in [-0.3, -0.25) is 9.69 Å². The third-order valence-electron chi connectivity index (χ3n) is 6.44. The molecule has 5 nitrogen and oxygen atoms in total. The van der Waals surface area contributed by atoms with Crippen molar-refractivity contribution in [3.05, 3.63) is 94.3 Å². The minimum atomic E-state index is -4.37. The van der Waals surface area contributed by atoms with Gasteiger partial charge in [0.2, 0.25) is 0 Å². The summed E-state index contributed by atoms with van der Waals surface area (Å²) in [5.74, 6) is 0. The summed E-state index contributed by atoms with van der Waals surface area (Å²) in [5.41, 5.74) is 2.59. The summed E-state index contributed by atoms with van der Waals surface area (Å²) in [6, 6.07) is 21.0. The predicted molar refractivity (Wildman–Crippen MR) is 131 cm³/mol. The molecule has 1 aromatic heterocycles. The molecule has 0 spiro atoms. The van der Waals surface area contributed by atoms with Crippen LogP contribution in [0, 0.1) is 6.92 Å². The van der Waals surface area contributed by atoms with E-state index in [9.17, 15) is 18.0 Å². The van der Waals surface area contributed by atoms with E-state index in [4.69, 9.17) is 5.10 Å². The summed E-state index contributed by atoms with van der Waals surface area (Å²) in [6.07, 6.45) is -4.37. The molecule has 180 valence electrons. The van der Waals surface area contributed by atoms with Gasteiger partial charge in [0.05, 0.1) is 23.3 Å². The maximum Gasteiger partial charge on any atom is 0.416 e. The van der Waals surface area contributed by atoms with Crippen molar-refractivity contribution in [2.45, 2.75) is 19.8 Å². The highest BCUT2D eigenvalue weighted by molar-refractivity contribution is 5.93. The van der Waals surface area contributed by atoms with Crippen LogP contribution in [0.3, 0.4) is 0 Å². The SMILES string of the molecule is Cc1ccc(-c2nn(CN3CCN(c4cccc(C(F)(F)F)c4)CC3)c(=O)c3ccccc23)cc1. The standard InChI is InChI=1S/C27H25F3N4O/c1-19-9-11-20(12-10-19)25-23-7-2-3-8-24(23)26(35)34(31-25)18-32-13-15-33(16-14-32)22-6-4-5-21(17-22)27(28,29)30/h2-12,17H,13-16,18H2,1H3. The lowest BCUT2D eigenvalue weighted by Crippen LogP contribution is -2.48. The molecule has 3 aromatic carbocycles. The summed E-state index contributed by atoms with van der Waals surface area (Å²) in [5, 5.41) is 6.16. The molecule has 0 radical (unpaired) electrons. The minimum Gasteiger partial charge on any atom is -0.369 e. The van der Waals surface area contributed by atoms with E-state index in [1.54, 1.807) is 6.07 Å². The van der Waals surface area contributed by atoms with Gasteiger partial charge in [-0.05, 0) is 31.2 Å². The van der Waals surface area contributed by atoms with Crippen molar-refractivity contribution >= 4 is 16.5 Å². The minimum absolute atomic E-state index is 0.156. The number of piperazine rings is 1. The zero-order valence-corrected chi connectivity index (χ0v) is 19.3. The molecule has 0 N–H and O–H groups in total. The number of alkyl halides is 3. The maximum atomic E-state index is 13.2. The first-order valence-corrected chi connectivity index (χ1v) is 11.5. The molecule has 1 fully saturated rings. The second kappa shape index (κ2) is 9.19. The Kier molecular flexibility index (Phi) is 6.06. The lowest BCUT2D eigenvalue weighted by atomic mass is 10.0. The van der Waals surface area contributed by atoms with Crippen LogP contribution in [-0.2, 0) is 12.8 Å². The monoisotopic (exact) mass is 478 g/mol. The highest BCUT2D eigenvalue weighted by atomic mass is 19.4. The van der Waals surface area contributed by atoms with E-state index in [1.165, 1.54) is 16.8 Å². The number of halogens is 3. The van der Waals surface area contributed by atoms with Crippen LogP contribution in [-0.4, -0.2) is 40.9 Å². The maximum absolute atomic E-state index is 13.2. The van der Waals surface area contributed by atoms with Crippen molar-refractivity contribution in [2.75, 3.05) is 31.1 Å². The number of aromatic nitrogens is 2. The Labute approximate surface area is 201 Å². The second-order valence-electron chi connectivity index (χ2n) is 8.86. The molecule has 0 saturated carbocycles. The Hall–Kier alpha value is -3.65. The van der Waals surface area contributed by atoms with Gasteiger partial charge in [-0.25, -0.2) is 4.68 Å². The van der Waals surface area contributed by atoms with Crippen LogP contribution in [0.1, 0.15) is 11.1 Å². The van der Waals surface area contributed by atoms with E-state index in [0.717, 1.165) is 28.3 Å². The van der Waals surface area contributed by atoms with E-state index in [0.29, 0.717) is 43.9 Å². The zero-order chi connectivity index (χ0) is 24.6. The number of rotatable bonds is 4. The van der Waals surface area contributed by atoms with Gasteiger partial charge in [0.1, 0.15) is 0 Å². The summed E-state index contributed by atoms with van der Waals surface area (Å²) in [6.45, 7) is 4.69. The topological polar surface area (TPSA) is 41.4 Å².